The molecule has 0 aromatic heterocycles. The van der Waals surface area contributed by atoms with Crippen molar-refractivity contribution in [2.24, 2.45) is 0 Å². The van der Waals surface area contributed by atoms with Gasteiger partial charge in [0.1, 0.15) is 18.2 Å². The number of hydrogen-bond donors (Lipinski definition) is 1. The highest BCUT2D eigenvalue weighted by atomic mass is 16.8. The fraction of sp³-hybridized carbons (Fsp3) is 0.857. The maximum absolute atomic E-state index is 12.9. The summed E-state index contributed by atoms with van der Waals surface area (Å²) in [4.78, 5) is 24.8. The second-order valence-corrected chi connectivity index (χ2v) is 6.53. The molecule has 21 heavy (non-hydrogen) atoms. The second-order valence-electron chi connectivity index (χ2n) is 6.53. The summed E-state index contributed by atoms with van der Waals surface area (Å²) in [5.41, 5.74) is -1.20. The molecule has 4 rings (SSSR count). The monoisotopic (exact) mass is 297 g/mol. The van der Waals surface area contributed by atoms with Crippen LogP contribution in [-0.2, 0) is 28.5 Å². The minimum absolute atomic E-state index is 0.0353. The van der Waals surface area contributed by atoms with Gasteiger partial charge in [0.2, 0.25) is 5.91 Å². The Morgan fingerprint density at radius 2 is 2.05 bits per heavy atom. The van der Waals surface area contributed by atoms with E-state index >= 15 is 0 Å². The Labute approximate surface area is 122 Å². The summed E-state index contributed by atoms with van der Waals surface area (Å²) in [7, 11) is 0. The Kier molecular flexibility index (Phi) is 2.76. The van der Waals surface area contributed by atoms with Crippen molar-refractivity contribution in [3.8, 4) is 0 Å². The average molecular weight is 297 g/mol. The minimum atomic E-state index is -1.20. The summed E-state index contributed by atoms with van der Waals surface area (Å²) in [6.45, 7) is 3.90. The molecule has 0 radical (unpaired) electrons. The van der Waals surface area contributed by atoms with Crippen molar-refractivity contribution in [1.29, 1.82) is 0 Å². The number of rotatable bonds is 0. The highest BCUT2D eigenvalue weighted by Gasteiger charge is 2.71. The zero-order valence-corrected chi connectivity index (χ0v) is 12.1. The van der Waals surface area contributed by atoms with E-state index in [1.165, 1.54) is 0 Å². The number of fused-ring (bicyclic) bond motifs is 4. The van der Waals surface area contributed by atoms with Crippen LogP contribution in [0.15, 0.2) is 0 Å². The van der Waals surface area contributed by atoms with Gasteiger partial charge in [0.15, 0.2) is 23.5 Å². The molecule has 116 valence electrons. The lowest BCUT2D eigenvalue weighted by molar-refractivity contribution is -0.206. The molecule has 4 saturated heterocycles. The largest absolute Gasteiger partial charge is 0.348 e. The first-order chi connectivity index (χ1) is 9.92. The first-order valence-electron chi connectivity index (χ1n) is 7.40. The van der Waals surface area contributed by atoms with E-state index in [1.54, 1.807) is 13.8 Å². The normalized spacial score (nSPS) is 48.1. The molecule has 4 aliphatic heterocycles. The van der Waals surface area contributed by atoms with E-state index in [0.717, 1.165) is 0 Å². The Bertz CT molecular complexity index is 506. The van der Waals surface area contributed by atoms with Crippen LogP contribution in [0.2, 0.25) is 0 Å². The second kappa shape index (κ2) is 4.25. The summed E-state index contributed by atoms with van der Waals surface area (Å²) >= 11 is 0. The molecular weight excluding hydrogens is 278 g/mol. The average Bonchev–Trinajstić information content (AvgIpc) is 2.95. The third-order valence-corrected chi connectivity index (χ3v) is 4.61. The molecule has 4 fully saturated rings. The van der Waals surface area contributed by atoms with Crippen LogP contribution in [0.3, 0.4) is 0 Å². The topological polar surface area (TPSA) is 83.1 Å². The molecular formula is C14H19NO6. The lowest BCUT2D eigenvalue weighted by atomic mass is 9.77. The molecule has 7 nitrogen and oxygen atoms in total. The molecule has 7 heteroatoms. The first kappa shape index (κ1) is 13.6. The SMILES string of the molecule is CC1(C)O[C@H]2[C@H]3CO[C@H](O3)[C@@H]3NC(=O)CCCC(=O)[C@@]32O1. The van der Waals surface area contributed by atoms with Crippen LogP contribution in [0.4, 0.5) is 0 Å². The van der Waals surface area contributed by atoms with Crippen LogP contribution in [-0.4, -0.2) is 54.2 Å². The maximum atomic E-state index is 12.9. The van der Waals surface area contributed by atoms with Gasteiger partial charge in [-0.15, -0.1) is 0 Å². The van der Waals surface area contributed by atoms with Gasteiger partial charge in [-0.1, -0.05) is 0 Å². The number of ketones is 1. The minimum Gasteiger partial charge on any atom is -0.348 e. The molecule has 4 aliphatic rings. The molecule has 0 aliphatic carbocycles. The van der Waals surface area contributed by atoms with Crippen LogP contribution in [0.5, 0.6) is 0 Å². The molecule has 0 aromatic rings. The number of nitrogens with one attached hydrogen (secondary N) is 1. The lowest BCUT2D eigenvalue weighted by Gasteiger charge is -2.45. The van der Waals surface area contributed by atoms with Gasteiger partial charge in [0.05, 0.1) is 6.61 Å². The zero-order chi connectivity index (χ0) is 14.8. The van der Waals surface area contributed by atoms with E-state index in [0.29, 0.717) is 25.9 Å². The number of amides is 1. The highest BCUT2D eigenvalue weighted by molar-refractivity contribution is 5.92. The van der Waals surface area contributed by atoms with Crippen LogP contribution in [0.1, 0.15) is 33.1 Å². The molecule has 0 saturated carbocycles. The third-order valence-electron chi connectivity index (χ3n) is 4.61. The molecule has 2 bridgehead atoms. The van der Waals surface area contributed by atoms with Crippen molar-refractivity contribution in [2.45, 2.75) is 69.0 Å². The Balaban J connectivity index is 1.82. The van der Waals surface area contributed by atoms with E-state index in [4.69, 9.17) is 18.9 Å². The first-order valence-corrected chi connectivity index (χ1v) is 7.40. The van der Waals surface area contributed by atoms with Gasteiger partial charge in [0.25, 0.3) is 0 Å². The van der Waals surface area contributed by atoms with Gasteiger partial charge >= 0.3 is 0 Å². The van der Waals surface area contributed by atoms with Gasteiger partial charge < -0.3 is 24.3 Å². The lowest BCUT2D eigenvalue weighted by Crippen LogP contribution is -2.71. The van der Waals surface area contributed by atoms with Crippen LogP contribution < -0.4 is 5.32 Å². The number of carbonyl (C=O) groups excluding carboxylic acids is 2. The zero-order valence-electron chi connectivity index (χ0n) is 12.1. The quantitative estimate of drug-likeness (QED) is 0.670. The summed E-state index contributed by atoms with van der Waals surface area (Å²) in [5, 5.41) is 2.86. The molecule has 4 heterocycles. The van der Waals surface area contributed by atoms with E-state index in [9.17, 15) is 9.59 Å². The van der Waals surface area contributed by atoms with E-state index in [1.807, 2.05) is 0 Å². The Morgan fingerprint density at radius 1 is 1.24 bits per heavy atom. The van der Waals surface area contributed by atoms with Crippen LogP contribution >= 0.6 is 0 Å². The number of hydrogen-bond acceptors (Lipinski definition) is 6. The van der Waals surface area contributed by atoms with Crippen molar-refractivity contribution in [2.75, 3.05) is 6.61 Å². The van der Waals surface area contributed by atoms with Gasteiger partial charge in [-0.25, -0.2) is 0 Å². The smallest absolute Gasteiger partial charge is 0.220 e. The summed E-state index contributed by atoms with van der Waals surface area (Å²) in [5.74, 6) is -1.04. The van der Waals surface area contributed by atoms with Crippen molar-refractivity contribution in [1.82, 2.24) is 5.32 Å². The van der Waals surface area contributed by atoms with E-state index in [-0.39, 0.29) is 17.8 Å². The van der Waals surface area contributed by atoms with Gasteiger partial charge in [-0.3, -0.25) is 9.59 Å². The molecule has 1 spiro atoms. The Morgan fingerprint density at radius 3 is 2.86 bits per heavy atom. The number of carbonyl (C=O) groups is 2. The van der Waals surface area contributed by atoms with Gasteiger partial charge in [0, 0.05) is 12.8 Å². The number of ether oxygens (including phenoxy) is 4. The van der Waals surface area contributed by atoms with E-state index in [2.05, 4.69) is 5.32 Å². The molecule has 1 amide bonds. The standard InChI is InChI=1S/C14H19NO6/c1-13(2)20-11-7-6-18-12(19-7)10-14(11,21-13)8(16)4-3-5-9(17)15-10/h7,10-12H,3-6H2,1-2H3,(H,15,17)/t7-,10+,11+,12-,14-/m1/s1. The third kappa shape index (κ3) is 1.81. The summed E-state index contributed by atoms with van der Waals surface area (Å²) in [6, 6.07) is -0.664. The van der Waals surface area contributed by atoms with Crippen molar-refractivity contribution in [3.05, 3.63) is 0 Å². The molecule has 1 N–H and O–H groups in total. The predicted molar refractivity (Wildman–Crippen MR) is 68.2 cm³/mol. The van der Waals surface area contributed by atoms with Gasteiger partial charge in [-0.05, 0) is 20.3 Å². The van der Waals surface area contributed by atoms with Crippen molar-refractivity contribution < 1.29 is 28.5 Å². The summed E-state index contributed by atoms with van der Waals surface area (Å²) < 4.78 is 23.4. The van der Waals surface area contributed by atoms with E-state index < -0.39 is 29.8 Å². The van der Waals surface area contributed by atoms with Crippen molar-refractivity contribution in [3.63, 3.8) is 0 Å². The fourth-order valence-corrected chi connectivity index (χ4v) is 3.87. The fourth-order valence-electron chi connectivity index (χ4n) is 3.87. The van der Waals surface area contributed by atoms with Crippen LogP contribution in [0.25, 0.3) is 0 Å². The number of Topliss-reactive ketones (excluding diaryl/α,β-unsaturated/α-hetero) is 1. The van der Waals surface area contributed by atoms with Crippen molar-refractivity contribution >= 4 is 11.7 Å². The van der Waals surface area contributed by atoms with Gasteiger partial charge in [-0.2, -0.15) is 0 Å². The molecule has 0 unspecified atom stereocenters. The molecule has 0 aromatic carbocycles. The highest BCUT2D eigenvalue weighted by Crippen LogP contribution is 2.49. The predicted octanol–water partition coefficient (Wildman–Crippen LogP) is -0.130. The maximum Gasteiger partial charge on any atom is 0.220 e. The molecule has 5 atom stereocenters. The summed E-state index contributed by atoms with van der Waals surface area (Å²) in [6.07, 6.45) is -0.403. The van der Waals surface area contributed by atoms with Crippen LogP contribution in [0, 0.1) is 0 Å². The Hall–Kier alpha value is -1.02.